The van der Waals surface area contributed by atoms with Gasteiger partial charge in [0, 0.05) is 24.5 Å². The predicted molar refractivity (Wildman–Crippen MR) is 114 cm³/mol. The van der Waals surface area contributed by atoms with Crippen LogP contribution in [0.5, 0.6) is 11.5 Å². The van der Waals surface area contributed by atoms with Crippen LogP contribution in [0.15, 0.2) is 53.9 Å². The average molecular weight is 426 g/mol. The summed E-state index contributed by atoms with van der Waals surface area (Å²) >= 11 is 1.38. The van der Waals surface area contributed by atoms with Crippen LogP contribution >= 0.6 is 11.8 Å². The van der Waals surface area contributed by atoms with Crippen LogP contribution in [0.3, 0.4) is 0 Å². The number of aromatic nitrogens is 4. The van der Waals surface area contributed by atoms with Crippen molar-refractivity contribution in [2.45, 2.75) is 31.1 Å². The standard InChI is InChI=1S/C21H23N5O3S/c1-2-11-26-20(15-7-9-22-10-8-15)24-25-21(26)30-14-19(27)23-12-16-13-28-17-5-3-4-6-18(17)29-16/h3-10,16H,2,11-14H2,1H3,(H,23,27). The summed E-state index contributed by atoms with van der Waals surface area (Å²) in [5, 5.41) is 12.2. The summed E-state index contributed by atoms with van der Waals surface area (Å²) in [6.07, 6.45) is 4.19. The molecule has 3 aromatic rings. The molecule has 1 aromatic carbocycles. The lowest BCUT2D eigenvalue weighted by Crippen LogP contribution is -2.41. The minimum atomic E-state index is -0.212. The summed E-state index contributed by atoms with van der Waals surface area (Å²) in [5.41, 5.74) is 0.956. The maximum absolute atomic E-state index is 12.4. The molecule has 9 heteroatoms. The molecule has 1 unspecified atom stereocenters. The van der Waals surface area contributed by atoms with Gasteiger partial charge >= 0.3 is 0 Å². The number of nitrogens with one attached hydrogen (secondary N) is 1. The van der Waals surface area contributed by atoms with Crippen molar-refractivity contribution in [1.82, 2.24) is 25.1 Å². The first-order chi connectivity index (χ1) is 14.7. The molecule has 0 saturated heterocycles. The summed E-state index contributed by atoms with van der Waals surface area (Å²) < 4.78 is 13.6. The van der Waals surface area contributed by atoms with Crippen molar-refractivity contribution in [3.05, 3.63) is 48.8 Å². The molecule has 8 nitrogen and oxygen atoms in total. The Hall–Kier alpha value is -3.07. The van der Waals surface area contributed by atoms with E-state index < -0.39 is 0 Å². The molecule has 0 fully saturated rings. The number of thioether (sulfide) groups is 1. The zero-order valence-corrected chi connectivity index (χ0v) is 17.5. The van der Waals surface area contributed by atoms with Crippen molar-refractivity contribution in [1.29, 1.82) is 0 Å². The molecule has 1 atom stereocenters. The van der Waals surface area contributed by atoms with Crippen molar-refractivity contribution in [3.63, 3.8) is 0 Å². The SMILES string of the molecule is CCCn1c(SCC(=O)NCC2COc3ccccc3O2)nnc1-c1ccncc1. The number of amides is 1. The van der Waals surface area contributed by atoms with E-state index in [-0.39, 0.29) is 17.8 Å². The number of fused-ring (bicyclic) bond motifs is 1. The molecule has 1 N–H and O–H groups in total. The van der Waals surface area contributed by atoms with Crippen LogP contribution in [0.2, 0.25) is 0 Å². The highest BCUT2D eigenvalue weighted by Gasteiger charge is 2.21. The fourth-order valence-electron chi connectivity index (χ4n) is 3.11. The summed E-state index contributed by atoms with van der Waals surface area (Å²) in [4.78, 5) is 16.4. The number of hydrogen-bond donors (Lipinski definition) is 1. The number of pyridine rings is 1. The third-order valence-corrected chi connectivity index (χ3v) is 5.50. The van der Waals surface area contributed by atoms with Gasteiger partial charge in [0.25, 0.3) is 0 Å². The number of carbonyl (C=O) groups excluding carboxylic acids is 1. The van der Waals surface area contributed by atoms with Crippen LogP contribution < -0.4 is 14.8 Å². The van der Waals surface area contributed by atoms with Crippen molar-refractivity contribution < 1.29 is 14.3 Å². The molecule has 0 radical (unpaired) electrons. The molecular weight excluding hydrogens is 402 g/mol. The highest BCUT2D eigenvalue weighted by Crippen LogP contribution is 2.30. The van der Waals surface area contributed by atoms with Gasteiger partial charge in [0.1, 0.15) is 12.7 Å². The summed E-state index contributed by atoms with van der Waals surface area (Å²) in [7, 11) is 0. The normalized spacial score (nSPS) is 15.0. The zero-order chi connectivity index (χ0) is 20.8. The van der Waals surface area contributed by atoms with Gasteiger partial charge in [-0.25, -0.2) is 0 Å². The van der Waals surface area contributed by atoms with Crippen molar-refractivity contribution in [2.75, 3.05) is 18.9 Å². The quantitative estimate of drug-likeness (QED) is 0.555. The molecule has 0 aliphatic carbocycles. The van der Waals surface area contributed by atoms with Gasteiger partial charge in [0.05, 0.1) is 12.3 Å². The molecule has 1 amide bonds. The summed E-state index contributed by atoms with van der Waals surface area (Å²) in [6, 6.07) is 11.3. The number of hydrogen-bond acceptors (Lipinski definition) is 7. The molecule has 30 heavy (non-hydrogen) atoms. The molecule has 1 aliphatic rings. The monoisotopic (exact) mass is 425 g/mol. The third-order valence-electron chi connectivity index (χ3n) is 4.53. The second-order valence-corrected chi connectivity index (χ2v) is 7.73. The predicted octanol–water partition coefficient (Wildman–Crippen LogP) is 2.80. The second kappa shape index (κ2) is 9.62. The molecule has 0 saturated carbocycles. The first kappa shape index (κ1) is 20.2. The smallest absolute Gasteiger partial charge is 0.230 e. The number of nitrogens with zero attached hydrogens (tertiary/aromatic N) is 4. The van der Waals surface area contributed by atoms with Crippen molar-refractivity contribution in [3.8, 4) is 22.9 Å². The van der Waals surface area contributed by atoms with E-state index in [2.05, 4.69) is 27.4 Å². The molecule has 2 aromatic heterocycles. The van der Waals surface area contributed by atoms with Gasteiger partial charge in [0.15, 0.2) is 22.5 Å². The van der Waals surface area contributed by atoms with Gasteiger partial charge < -0.3 is 19.4 Å². The minimum absolute atomic E-state index is 0.0843. The van der Waals surface area contributed by atoms with E-state index in [0.29, 0.717) is 18.9 Å². The van der Waals surface area contributed by atoms with Crippen molar-refractivity contribution >= 4 is 17.7 Å². The van der Waals surface area contributed by atoms with Crippen LogP contribution in [0, 0.1) is 0 Å². The van der Waals surface area contributed by atoms with E-state index in [4.69, 9.17) is 9.47 Å². The fourth-order valence-corrected chi connectivity index (χ4v) is 3.90. The highest BCUT2D eigenvalue weighted by atomic mass is 32.2. The van der Waals surface area contributed by atoms with E-state index in [1.54, 1.807) is 12.4 Å². The number of rotatable bonds is 8. The van der Waals surface area contributed by atoms with Crippen LogP contribution in [0.25, 0.3) is 11.4 Å². The third kappa shape index (κ3) is 4.73. The summed E-state index contributed by atoms with van der Waals surface area (Å²) in [5.74, 6) is 2.39. The molecule has 1 aliphatic heterocycles. The molecular formula is C21H23N5O3S. The lowest BCUT2D eigenvalue weighted by molar-refractivity contribution is -0.119. The Morgan fingerprint density at radius 3 is 2.80 bits per heavy atom. The van der Waals surface area contributed by atoms with Gasteiger partial charge in [-0.2, -0.15) is 0 Å². The number of benzene rings is 1. The lowest BCUT2D eigenvalue weighted by Gasteiger charge is -2.26. The van der Waals surface area contributed by atoms with Crippen molar-refractivity contribution in [2.24, 2.45) is 0 Å². The van der Waals surface area contributed by atoms with Crippen LogP contribution in [-0.4, -0.2) is 50.7 Å². The number of ether oxygens (including phenoxy) is 2. The largest absolute Gasteiger partial charge is 0.486 e. The first-order valence-corrected chi connectivity index (χ1v) is 10.8. The van der Waals surface area contributed by atoms with Gasteiger partial charge in [-0.05, 0) is 30.7 Å². The summed E-state index contributed by atoms with van der Waals surface area (Å²) in [6.45, 7) is 3.67. The Morgan fingerprint density at radius 2 is 2.00 bits per heavy atom. The Kier molecular flexibility index (Phi) is 6.48. The minimum Gasteiger partial charge on any atom is -0.486 e. The second-order valence-electron chi connectivity index (χ2n) is 6.78. The number of carbonyl (C=O) groups is 1. The van der Waals surface area contributed by atoms with Gasteiger partial charge in [-0.3, -0.25) is 9.78 Å². The topological polar surface area (TPSA) is 91.2 Å². The maximum atomic E-state index is 12.4. The van der Waals surface area contributed by atoms with Gasteiger partial charge in [0.2, 0.25) is 5.91 Å². The Balaban J connectivity index is 1.31. The van der Waals surface area contributed by atoms with E-state index in [1.807, 2.05) is 41.0 Å². The fraction of sp³-hybridized carbons (Fsp3) is 0.333. The molecule has 0 spiro atoms. The Bertz CT molecular complexity index is 995. The first-order valence-electron chi connectivity index (χ1n) is 9.86. The van der Waals surface area contributed by atoms with E-state index in [9.17, 15) is 4.79 Å². The van der Waals surface area contributed by atoms with Crippen LogP contribution in [0.4, 0.5) is 0 Å². The molecule has 4 rings (SSSR count). The van der Waals surface area contributed by atoms with E-state index >= 15 is 0 Å². The maximum Gasteiger partial charge on any atom is 0.230 e. The van der Waals surface area contributed by atoms with Crippen LogP contribution in [0.1, 0.15) is 13.3 Å². The highest BCUT2D eigenvalue weighted by molar-refractivity contribution is 7.99. The lowest BCUT2D eigenvalue weighted by atomic mass is 10.2. The Labute approximate surface area is 179 Å². The zero-order valence-electron chi connectivity index (χ0n) is 16.7. The Morgan fingerprint density at radius 1 is 1.20 bits per heavy atom. The van der Waals surface area contributed by atoms with Gasteiger partial charge in [-0.15, -0.1) is 10.2 Å². The van der Waals surface area contributed by atoms with Crippen LogP contribution in [-0.2, 0) is 11.3 Å². The number of para-hydroxylation sites is 2. The molecule has 3 heterocycles. The van der Waals surface area contributed by atoms with E-state index in [1.165, 1.54) is 11.8 Å². The average Bonchev–Trinajstić information content (AvgIpc) is 3.19. The van der Waals surface area contributed by atoms with Gasteiger partial charge in [-0.1, -0.05) is 30.8 Å². The molecule has 156 valence electrons. The van der Waals surface area contributed by atoms with E-state index in [0.717, 1.165) is 35.3 Å². The molecule has 0 bridgehead atoms.